The summed E-state index contributed by atoms with van der Waals surface area (Å²) in [5.74, 6) is -0.371. The number of amides is 1. The van der Waals surface area contributed by atoms with Crippen LogP contribution in [0.4, 0.5) is 0 Å². The van der Waals surface area contributed by atoms with Gasteiger partial charge in [0, 0.05) is 33.6 Å². The smallest absolute Gasteiger partial charge is 0.245 e. The molecule has 1 heterocycles. The number of thioether (sulfide) groups is 1. The molecule has 3 rings (SSSR count). The average molecular weight is 242 g/mol. The monoisotopic (exact) mass is 242 g/mol. The van der Waals surface area contributed by atoms with Crippen molar-refractivity contribution in [2.24, 2.45) is 10.7 Å². The standard InChI is InChI=1S/C13H10N2OS/c14-13(16)8-4-5-12-10(6-8)15-7-9-2-1-3-11(9)17-12/h1-5,7H,6H2,(H2,14,16). The zero-order valence-corrected chi connectivity index (χ0v) is 9.83. The van der Waals surface area contributed by atoms with Gasteiger partial charge >= 0.3 is 0 Å². The Morgan fingerprint density at radius 2 is 2.18 bits per heavy atom. The fourth-order valence-corrected chi connectivity index (χ4v) is 2.85. The molecule has 4 heteroatoms. The molecule has 1 aliphatic heterocycles. The summed E-state index contributed by atoms with van der Waals surface area (Å²) in [7, 11) is 0. The first-order valence-electron chi connectivity index (χ1n) is 5.28. The number of primary amides is 1. The third-order valence-corrected chi connectivity index (χ3v) is 3.97. The number of nitrogens with zero attached hydrogens (tertiary/aromatic N) is 1. The molecule has 0 atom stereocenters. The lowest BCUT2D eigenvalue weighted by Gasteiger charge is -2.13. The molecular weight excluding hydrogens is 232 g/mol. The molecule has 0 unspecified atom stereocenters. The Hall–Kier alpha value is -1.81. The minimum Gasteiger partial charge on any atom is -0.366 e. The van der Waals surface area contributed by atoms with E-state index in [0.29, 0.717) is 12.0 Å². The van der Waals surface area contributed by atoms with Gasteiger partial charge in [0.2, 0.25) is 5.91 Å². The van der Waals surface area contributed by atoms with Gasteiger partial charge in [0.05, 0.1) is 5.71 Å². The van der Waals surface area contributed by atoms with Crippen LogP contribution in [0.3, 0.4) is 0 Å². The lowest BCUT2D eigenvalue weighted by atomic mass is 10.0. The maximum absolute atomic E-state index is 11.1. The molecule has 17 heavy (non-hydrogen) atoms. The minimum atomic E-state index is -0.371. The van der Waals surface area contributed by atoms with Crippen molar-refractivity contribution in [2.45, 2.75) is 6.42 Å². The molecule has 0 radical (unpaired) electrons. The molecule has 2 N–H and O–H groups in total. The number of carbonyl (C=O) groups excluding carboxylic acids is 1. The van der Waals surface area contributed by atoms with Crippen LogP contribution in [0, 0.1) is 0 Å². The van der Waals surface area contributed by atoms with Crippen molar-refractivity contribution < 1.29 is 4.79 Å². The molecule has 0 aromatic heterocycles. The third kappa shape index (κ3) is 1.80. The summed E-state index contributed by atoms with van der Waals surface area (Å²) in [6.45, 7) is 0. The second kappa shape index (κ2) is 3.89. The average Bonchev–Trinajstić information content (AvgIpc) is 2.68. The minimum absolute atomic E-state index is 0.371. The molecule has 3 aliphatic rings. The number of nitrogens with two attached hydrogens (primary N) is 1. The molecule has 0 spiro atoms. The molecule has 84 valence electrons. The predicted octanol–water partition coefficient (Wildman–Crippen LogP) is 2.21. The Bertz CT molecular complexity index is 589. The first kappa shape index (κ1) is 10.4. The molecule has 1 amide bonds. The van der Waals surface area contributed by atoms with Crippen LogP contribution in [0.15, 0.2) is 62.5 Å². The highest BCUT2D eigenvalue weighted by molar-refractivity contribution is 8.07. The Labute approximate surface area is 103 Å². The van der Waals surface area contributed by atoms with E-state index in [0.717, 1.165) is 16.2 Å². The summed E-state index contributed by atoms with van der Waals surface area (Å²) in [5.41, 5.74) is 7.94. The molecule has 0 saturated heterocycles. The largest absolute Gasteiger partial charge is 0.366 e. The fourth-order valence-electron chi connectivity index (χ4n) is 1.85. The number of carbonyl (C=O) groups is 1. The quantitative estimate of drug-likeness (QED) is 0.766. The van der Waals surface area contributed by atoms with E-state index in [1.807, 2.05) is 24.4 Å². The van der Waals surface area contributed by atoms with Crippen molar-refractivity contribution in [3.63, 3.8) is 0 Å². The van der Waals surface area contributed by atoms with Crippen LogP contribution in [0.2, 0.25) is 0 Å². The van der Waals surface area contributed by atoms with Crippen molar-refractivity contribution in [1.29, 1.82) is 0 Å². The number of hydrogen-bond acceptors (Lipinski definition) is 3. The van der Waals surface area contributed by atoms with Crippen molar-refractivity contribution in [2.75, 3.05) is 0 Å². The zero-order valence-electron chi connectivity index (χ0n) is 9.01. The molecule has 0 fully saturated rings. The highest BCUT2D eigenvalue weighted by Crippen LogP contribution is 2.39. The number of allylic oxidation sites excluding steroid dienone is 7. The Balaban J connectivity index is 2.00. The summed E-state index contributed by atoms with van der Waals surface area (Å²) in [6.07, 6.45) is 12.2. The highest BCUT2D eigenvalue weighted by Gasteiger charge is 2.21. The Morgan fingerprint density at radius 1 is 1.29 bits per heavy atom. The van der Waals surface area contributed by atoms with Crippen LogP contribution < -0.4 is 5.73 Å². The highest BCUT2D eigenvalue weighted by atomic mass is 32.2. The Kier molecular flexibility index (Phi) is 2.37. The zero-order chi connectivity index (χ0) is 11.8. The lowest BCUT2D eigenvalue weighted by Crippen LogP contribution is -2.18. The van der Waals surface area contributed by atoms with E-state index in [-0.39, 0.29) is 5.91 Å². The maximum atomic E-state index is 11.1. The molecule has 2 aliphatic carbocycles. The predicted molar refractivity (Wildman–Crippen MR) is 70.3 cm³/mol. The van der Waals surface area contributed by atoms with Crippen LogP contribution >= 0.6 is 11.8 Å². The maximum Gasteiger partial charge on any atom is 0.245 e. The van der Waals surface area contributed by atoms with Gasteiger partial charge in [0.15, 0.2) is 0 Å². The molecule has 0 aromatic carbocycles. The van der Waals surface area contributed by atoms with Gasteiger partial charge in [0.25, 0.3) is 0 Å². The summed E-state index contributed by atoms with van der Waals surface area (Å²) in [4.78, 5) is 17.9. The number of fused-ring (bicyclic) bond motifs is 2. The van der Waals surface area contributed by atoms with E-state index in [1.54, 1.807) is 17.8 Å². The van der Waals surface area contributed by atoms with Crippen molar-refractivity contribution in [3.05, 3.63) is 57.5 Å². The summed E-state index contributed by atoms with van der Waals surface area (Å²) >= 11 is 1.68. The van der Waals surface area contributed by atoms with Gasteiger partial charge in [-0.3, -0.25) is 9.79 Å². The van der Waals surface area contributed by atoms with E-state index in [9.17, 15) is 4.79 Å². The first-order valence-corrected chi connectivity index (χ1v) is 6.10. The second-order valence-electron chi connectivity index (χ2n) is 3.92. The van der Waals surface area contributed by atoms with E-state index >= 15 is 0 Å². The molecule has 0 bridgehead atoms. The molecule has 3 nitrogen and oxygen atoms in total. The van der Waals surface area contributed by atoms with Gasteiger partial charge in [-0.1, -0.05) is 30.0 Å². The number of hydrogen-bond donors (Lipinski definition) is 1. The van der Waals surface area contributed by atoms with Crippen LogP contribution in [0.1, 0.15) is 6.42 Å². The van der Waals surface area contributed by atoms with Crippen LogP contribution in [-0.4, -0.2) is 11.6 Å². The lowest BCUT2D eigenvalue weighted by molar-refractivity contribution is -0.114. The van der Waals surface area contributed by atoms with E-state index in [4.69, 9.17) is 5.73 Å². The van der Waals surface area contributed by atoms with Gasteiger partial charge in [-0.25, -0.2) is 0 Å². The van der Waals surface area contributed by atoms with Gasteiger partial charge in [0.1, 0.15) is 0 Å². The van der Waals surface area contributed by atoms with Crippen LogP contribution in [0.5, 0.6) is 0 Å². The SMILES string of the molecule is NC(=O)C1=CC=C2SC3=CC=CC3=CN=C2C1. The summed E-state index contributed by atoms with van der Waals surface area (Å²) < 4.78 is 0. The third-order valence-electron chi connectivity index (χ3n) is 2.78. The Morgan fingerprint density at radius 3 is 3.00 bits per heavy atom. The topological polar surface area (TPSA) is 55.5 Å². The van der Waals surface area contributed by atoms with Gasteiger partial charge < -0.3 is 5.73 Å². The van der Waals surface area contributed by atoms with Crippen molar-refractivity contribution in [1.82, 2.24) is 0 Å². The van der Waals surface area contributed by atoms with Crippen molar-refractivity contribution >= 4 is 23.4 Å². The van der Waals surface area contributed by atoms with Crippen molar-refractivity contribution in [3.8, 4) is 0 Å². The summed E-state index contributed by atoms with van der Waals surface area (Å²) in [5, 5.41) is 0. The molecular formula is C13H10N2OS. The first-order chi connectivity index (χ1) is 8.24. The summed E-state index contributed by atoms with van der Waals surface area (Å²) in [6, 6.07) is 0. The van der Waals surface area contributed by atoms with Crippen LogP contribution in [-0.2, 0) is 4.79 Å². The molecule has 0 aromatic rings. The van der Waals surface area contributed by atoms with E-state index < -0.39 is 0 Å². The second-order valence-corrected chi connectivity index (χ2v) is 5.00. The van der Waals surface area contributed by atoms with Crippen LogP contribution in [0.25, 0.3) is 0 Å². The number of rotatable bonds is 1. The van der Waals surface area contributed by atoms with Gasteiger partial charge in [-0.15, -0.1) is 0 Å². The van der Waals surface area contributed by atoms with Gasteiger partial charge in [-0.2, -0.15) is 0 Å². The van der Waals surface area contributed by atoms with E-state index in [1.165, 1.54) is 4.91 Å². The fraction of sp³-hybridized carbons (Fsp3) is 0.0769. The normalized spacial score (nSPS) is 21.3. The number of aliphatic imine (C=N–C) groups is 1. The molecule has 0 saturated carbocycles. The van der Waals surface area contributed by atoms with Gasteiger partial charge in [-0.05, 0) is 12.2 Å². The van der Waals surface area contributed by atoms with E-state index in [2.05, 4.69) is 11.1 Å².